The van der Waals surface area contributed by atoms with E-state index in [1.807, 2.05) is 24.3 Å². The van der Waals surface area contributed by atoms with Gasteiger partial charge in [-0.05, 0) is 49.4 Å². The zero-order chi connectivity index (χ0) is 25.1. The van der Waals surface area contributed by atoms with E-state index in [2.05, 4.69) is 17.0 Å². The number of benzene rings is 2. The third-order valence-electron chi connectivity index (χ3n) is 7.45. The van der Waals surface area contributed by atoms with Crippen molar-refractivity contribution < 1.29 is 24.3 Å². The van der Waals surface area contributed by atoms with Gasteiger partial charge < -0.3 is 14.5 Å². The maximum atomic E-state index is 13.6. The van der Waals surface area contributed by atoms with Crippen molar-refractivity contribution in [2.45, 2.75) is 50.8 Å². The van der Waals surface area contributed by atoms with Crippen LogP contribution < -0.4 is 10.4 Å². The molecule has 36 heavy (non-hydrogen) atoms. The van der Waals surface area contributed by atoms with Gasteiger partial charge >= 0.3 is 6.09 Å². The number of carbonyl (C=O) groups excluding carboxylic acids is 3. The van der Waals surface area contributed by atoms with Gasteiger partial charge in [0.25, 0.3) is 11.8 Å². The summed E-state index contributed by atoms with van der Waals surface area (Å²) < 4.78 is 5.73. The number of nitrogens with one attached hydrogen (secondary N) is 1. The Morgan fingerprint density at radius 1 is 0.889 bits per heavy atom. The quantitative estimate of drug-likeness (QED) is 0.501. The van der Waals surface area contributed by atoms with Crippen LogP contribution in [0.15, 0.2) is 48.5 Å². The van der Waals surface area contributed by atoms with Gasteiger partial charge in [-0.2, -0.15) is 0 Å². The highest BCUT2D eigenvalue weighted by molar-refractivity contribution is 5.99. The second-order valence-electron chi connectivity index (χ2n) is 9.64. The molecule has 2 aliphatic heterocycles. The number of hydrogen-bond acceptors (Lipinski definition) is 6. The molecule has 5 rings (SSSR count). The predicted octanol–water partition coefficient (Wildman–Crippen LogP) is 3.48. The average molecular weight is 493 g/mol. The van der Waals surface area contributed by atoms with Crippen molar-refractivity contribution >= 4 is 23.6 Å². The number of amides is 3. The van der Waals surface area contributed by atoms with Gasteiger partial charge in [0.2, 0.25) is 0 Å². The van der Waals surface area contributed by atoms with Gasteiger partial charge in [0, 0.05) is 43.0 Å². The molecule has 0 spiro atoms. The number of fused-ring (bicyclic) bond motifs is 1. The van der Waals surface area contributed by atoms with E-state index in [1.165, 1.54) is 4.90 Å². The van der Waals surface area contributed by atoms with E-state index in [0.717, 1.165) is 37.8 Å². The molecule has 0 aromatic heterocycles. The molecule has 2 fully saturated rings. The molecule has 2 N–H and O–H groups in total. The Labute approximate surface area is 210 Å². The summed E-state index contributed by atoms with van der Waals surface area (Å²) in [6.07, 6.45) is 3.99. The molecule has 9 heteroatoms. The smallest absolute Gasteiger partial charge is 0.411 e. The molecule has 9 nitrogen and oxygen atoms in total. The zero-order valence-corrected chi connectivity index (χ0v) is 20.3. The SMILES string of the molecule is O=C(NO)[C@@H]1c2c(cccc2C(=O)N2CCN(c3ccccc3)CC2)CN1C(=O)OC1CCCCC1. The van der Waals surface area contributed by atoms with Crippen molar-refractivity contribution in [1.82, 2.24) is 15.3 Å². The van der Waals surface area contributed by atoms with E-state index < -0.39 is 18.0 Å². The van der Waals surface area contributed by atoms with Crippen LogP contribution in [0.1, 0.15) is 59.6 Å². The summed E-state index contributed by atoms with van der Waals surface area (Å²) in [6, 6.07) is 14.2. The lowest BCUT2D eigenvalue weighted by atomic mass is 9.96. The van der Waals surface area contributed by atoms with Gasteiger partial charge in [0.05, 0.1) is 6.54 Å². The maximum absolute atomic E-state index is 13.6. The molecular formula is C27H32N4O5. The summed E-state index contributed by atoms with van der Waals surface area (Å²) >= 11 is 0. The number of hydroxylamine groups is 1. The molecule has 2 aromatic rings. The van der Waals surface area contributed by atoms with Crippen molar-refractivity contribution in [3.8, 4) is 0 Å². The Balaban J connectivity index is 1.35. The van der Waals surface area contributed by atoms with Crippen LogP contribution in [0.2, 0.25) is 0 Å². The Kier molecular flexibility index (Phi) is 7.09. The van der Waals surface area contributed by atoms with Crippen LogP contribution in [0.5, 0.6) is 0 Å². The molecule has 0 bridgehead atoms. The van der Waals surface area contributed by atoms with Crippen molar-refractivity contribution in [3.05, 3.63) is 65.2 Å². The molecule has 3 aliphatic rings. The van der Waals surface area contributed by atoms with Crippen LogP contribution in [0, 0.1) is 0 Å². The lowest BCUT2D eigenvalue weighted by Gasteiger charge is -2.36. The van der Waals surface area contributed by atoms with Crippen LogP contribution in [0.3, 0.4) is 0 Å². The van der Waals surface area contributed by atoms with E-state index in [9.17, 15) is 19.6 Å². The fraction of sp³-hybridized carbons (Fsp3) is 0.444. The first-order chi connectivity index (χ1) is 17.6. The Bertz CT molecular complexity index is 1110. The first kappa shape index (κ1) is 24.1. The van der Waals surface area contributed by atoms with Crippen LogP contribution in [-0.2, 0) is 16.1 Å². The molecule has 2 aromatic carbocycles. The molecule has 3 amide bonds. The van der Waals surface area contributed by atoms with E-state index in [1.54, 1.807) is 22.5 Å². The summed E-state index contributed by atoms with van der Waals surface area (Å²) in [5.74, 6) is -0.943. The van der Waals surface area contributed by atoms with E-state index in [4.69, 9.17) is 4.74 Å². The normalized spacial score (nSPS) is 20.1. The van der Waals surface area contributed by atoms with E-state index in [-0.39, 0.29) is 18.6 Å². The lowest BCUT2D eigenvalue weighted by Crippen LogP contribution is -2.49. The summed E-state index contributed by atoms with van der Waals surface area (Å²) in [7, 11) is 0. The van der Waals surface area contributed by atoms with Gasteiger partial charge in [-0.15, -0.1) is 0 Å². The number of piperazine rings is 1. The predicted molar refractivity (Wildman–Crippen MR) is 133 cm³/mol. The minimum Gasteiger partial charge on any atom is -0.446 e. The number of anilines is 1. The molecule has 1 atom stereocenters. The highest BCUT2D eigenvalue weighted by atomic mass is 16.6. The van der Waals surface area contributed by atoms with Crippen molar-refractivity contribution in [1.29, 1.82) is 0 Å². The standard InChI is InChI=1S/C27H32N4O5/c32-25(28-35)24-23-19(18-31(24)27(34)36-21-11-5-2-6-12-21)8-7-13-22(23)26(33)30-16-14-29(15-17-30)20-9-3-1-4-10-20/h1,3-4,7-10,13,21,24,35H,2,5-6,11-12,14-18H2,(H,28,32)/t24-/m0/s1. The molecule has 0 radical (unpaired) electrons. The van der Waals surface area contributed by atoms with Gasteiger partial charge in [0.15, 0.2) is 0 Å². The van der Waals surface area contributed by atoms with Gasteiger partial charge in [0.1, 0.15) is 12.1 Å². The van der Waals surface area contributed by atoms with Gasteiger partial charge in [-0.25, -0.2) is 10.3 Å². The number of para-hydroxylation sites is 1. The number of ether oxygens (including phenoxy) is 1. The lowest BCUT2D eigenvalue weighted by molar-refractivity contribution is -0.134. The molecule has 0 unspecified atom stereocenters. The number of rotatable bonds is 4. The summed E-state index contributed by atoms with van der Waals surface area (Å²) in [6.45, 7) is 2.63. The molecule has 1 saturated heterocycles. The Hall–Kier alpha value is -3.59. The topological polar surface area (TPSA) is 102 Å². The van der Waals surface area contributed by atoms with E-state index >= 15 is 0 Å². The number of hydrogen-bond donors (Lipinski definition) is 2. The minimum atomic E-state index is -1.13. The monoisotopic (exact) mass is 492 g/mol. The number of nitrogens with zero attached hydrogens (tertiary/aromatic N) is 3. The summed E-state index contributed by atoms with van der Waals surface area (Å²) in [4.78, 5) is 44.9. The fourth-order valence-electron chi connectivity index (χ4n) is 5.56. The van der Waals surface area contributed by atoms with Crippen LogP contribution >= 0.6 is 0 Å². The van der Waals surface area contributed by atoms with Crippen LogP contribution in [0.25, 0.3) is 0 Å². The fourth-order valence-corrected chi connectivity index (χ4v) is 5.56. The molecule has 2 heterocycles. The largest absolute Gasteiger partial charge is 0.446 e. The third-order valence-corrected chi connectivity index (χ3v) is 7.45. The van der Waals surface area contributed by atoms with E-state index in [0.29, 0.717) is 42.9 Å². The van der Waals surface area contributed by atoms with Crippen molar-refractivity contribution in [2.24, 2.45) is 0 Å². The molecule has 190 valence electrons. The Morgan fingerprint density at radius 3 is 2.31 bits per heavy atom. The first-order valence-electron chi connectivity index (χ1n) is 12.7. The minimum absolute atomic E-state index is 0.141. The summed E-state index contributed by atoms with van der Waals surface area (Å²) in [5, 5.41) is 9.48. The zero-order valence-electron chi connectivity index (χ0n) is 20.3. The van der Waals surface area contributed by atoms with Crippen molar-refractivity contribution in [3.63, 3.8) is 0 Å². The average Bonchev–Trinajstić information content (AvgIpc) is 3.33. The second kappa shape index (κ2) is 10.6. The highest BCUT2D eigenvalue weighted by Gasteiger charge is 2.43. The molecular weight excluding hydrogens is 460 g/mol. The number of carbonyl (C=O) groups is 3. The third kappa shape index (κ3) is 4.75. The van der Waals surface area contributed by atoms with Crippen LogP contribution in [-0.4, -0.2) is 65.2 Å². The van der Waals surface area contributed by atoms with Gasteiger partial charge in [-0.1, -0.05) is 36.8 Å². The highest BCUT2D eigenvalue weighted by Crippen LogP contribution is 2.38. The summed E-state index contributed by atoms with van der Waals surface area (Å²) in [5.41, 5.74) is 4.35. The Morgan fingerprint density at radius 2 is 1.61 bits per heavy atom. The second-order valence-corrected chi connectivity index (χ2v) is 9.64. The molecule has 1 aliphatic carbocycles. The first-order valence-corrected chi connectivity index (χ1v) is 12.7. The van der Waals surface area contributed by atoms with Crippen LogP contribution in [0.4, 0.5) is 10.5 Å². The molecule has 1 saturated carbocycles. The maximum Gasteiger partial charge on any atom is 0.411 e. The van der Waals surface area contributed by atoms with Gasteiger partial charge in [-0.3, -0.25) is 19.7 Å². The van der Waals surface area contributed by atoms with Crippen molar-refractivity contribution in [2.75, 3.05) is 31.1 Å².